The van der Waals surface area contributed by atoms with Crippen molar-refractivity contribution >= 4 is 23.3 Å². The first-order chi connectivity index (χ1) is 12.0. The molecular weight excluding hydrogens is 326 g/mol. The summed E-state index contributed by atoms with van der Waals surface area (Å²) < 4.78 is 0. The van der Waals surface area contributed by atoms with Gasteiger partial charge in [-0.1, -0.05) is 12.5 Å². The Balaban J connectivity index is 1.63. The van der Waals surface area contributed by atoms with Gasteiger partial charge in [0.15, 0.2) is 0 Å². The zero-order chi connectivity index (χ0) is 18.0. The highest BCUT2D eigenvalue weighted by Crippen LogP contribution is 2.37. The van der Waals surface area contributed by atoms with Crippen molar-refractivity contribution in [3.05, 3.63) is 33.9 Å². The van der Waals surface area contributed by atoms with Gasteiger partial charge in [-0.05, 0) is 24.5 Å². The summed E-state index contributed by atoms with van der Waals surface area (Å²) in [4.78, 5) is 34.3. The molecule has 9 nitrogen and oxygen atoms in total. The van der Waals surface area contributed by atoms with Crippen molar-refractivity contribution in [3.8, 4) is 0 Å². The lowest BCUT2D eigenvalue weighted by Crippen LogP contribution is -2.52. The number of carbonyl (C=O) groups excluding carboxylic acids is 2. The average Bonchev–Trinajstić information content (AvgIpc) is 3.11. The molecule has 0 bridgehead atoms. The van der Waals surface area contributed by atoms with Crippen LogP contribution in [-0.4, -0.2) is 36.0 Å². The van der Waals surface area contributed by atoms with Crippen molar-refractivity contribution in [2.75, 3.05) is 18.9 Å². The topological polar surface area (TPSA) is 125 Å². The first-order valence-electron chi connectivity index (χ1n) is 8.25. The molecule has 1 saturated heterocycles. The molecule has 1 heterocycles. The molecule has 3 amide bonds. The molecule has 0 aromatic heterocycles. The molecule has 2 aliphatic rings. The second kappa shape index (κ2) is 6.67. The van der Waals surface area contributed by atoms with Gasteiger partial charge in [0.2, 0.25) is 0 Å². The Morgan fingerprint density at radius 2 is 2.20 bits per heavy atom. The Morgan fingerprint density at radius 1 is 1.40 bits per heavy atom. The van der Waals surface area contributed by atoms with E-state index in [0.717, 1.165) is 18.4 Å². The number of anilines is 1. The van der Waals surface area contributed by atoms with E-state index in [4.69, 9.17) is 0 Å². The number of rotatable bonds is 6. The number of hydrogen-bond acceptors (Lipinski definition) is 6. The summed E-state index contributed by atoms with van der Waals surface area (Å²) in [6, 6.07) is 4.60. The van der Waals surface area contributed by atoms with E-state index in [0.29, 0.717) is 25.2 Å². The van der Waals surface area contributed by atoms with Gasteiger partial charge >= 0.3 is 6.03 Å². The van der Waals surface area contributed by atoms with Crippen LogP contribution in [0.4, 0.5) is 16.2 Å². The van der Waals surface area contributed by atoms with Crippen LogP contribution in [0.3, 0.4) is 0 Å². The van der Waals surface area contributed by atoms with E-state index in [2.05, 4.69) is 21.3 Å². The lowest BCUT2D eigenvalue weighted by Gasteiger charge is -2.28. The fourth-order valence-corrected chi connectivity index (χ4v) is 3.76. The highest BCUT2D eigenvalue weighted by atomic mass is 16.6. The van der Waals surface area contributed by atoms with E-state index in [9.17, 15) is 19.7 Å². The van der Waals surface area contributed by atoms with Crippen LogP contribution in [0.2, 0.25) is 0 Å². The number of hydrogen-bond donors (Lipinski definition) is 4. The van der Waals surface area contributed by atoms with Crippen LogP contribution in [-0.2, 0) is 11.3 Å². The predicted molar refractivity (Wildman–Crippen MR) is 91.1 cm³/mol. The maximum atomic E-state index is 12.1. The molecule has 4 N–H and O–H groups in total. The largest absolute Gasteiger partial charge is 0.383 e. The van der Waals surface area contributed by atoms with Crippen molar-refractivity contribution in [2.45, 2.75) is 31.3 Å². The average molecular weight is 347 g/mol. The third-order valence-electron chi connectivity index (χ3n) is 5.04. The van der Waals surface area contributed by atoms with E-state index in [1.165, 1.54) is 6.07 Å². The van der Waals surface area contributed by atoms with E-state index in [-0.39, 0.29) is 17.5 Å². The van der Waals surface area contributed by atoms with Crippen molar-refractivity contribution in [2.24, 2.45) is 5.92 Å². The molecule has 9 heteroatoms. The van der Waals surface area contributed by atoms with Crippen LogP contribution in [0, 0.1) is 16.0 Å². The quantitative estimate of drug-likeness (QED) is 0.347. The summed E-state index contributed by atoms with van der Waals surface area (Å²) >= 11 is 0. The Morgan fingerprint density at radius 3 is 2.84 bits per heavy atom. The maximum absolute atomic E-state index is 12.1. The molecule has 1 aliphatic heterocycles. The number of urea groups is 1. The second-order valence-electron chi connectivity index (χ2n) is 6.46. The summed E-state index contributed by atoms with van der Waals surface area (Å²) in [7, 11) is 1.64. The molecule has 2 fully saturated rings. The third kappa shape index (κ3) is 3.14. The van der Waals surface area contributed by atoms with Gasteiger partial charge < -0.3 is 16.0 Å². The Kier molecular flexibility index (Phi) is 4.58. The first kappa shape index (κ1) is 17.2. The van der Waals surface area contributed by atoms with Crippen LogP contribution in [0.25, 0.3) is 0 Å². The number of nitrogens with zero attached hydrogens (tertiary/aromatic N) is 1. The minimum absolute atomic E-state index is 0.00511. The molecule has 25 heavy (non-hydrogen) atoms. The predicted octanol–water partition coefficient (Wildman–Crippen LogP) is 1.10. The number of nitrogens with one attached hydrogen (secondary N) is 4. The molecule has 2 unspecified atom stereocenters. The minimum Gasteiger partial charge on any atom is -0.383 e. The summed E-state index contributed by atoms with van der Waals surface area (Å²) in [5.41, 5.74) is 0.472. The number of nitro groups is 1. The van der Waals surface area contributed by atoms with Gasteiger partial charge in [-0.3, -0.25) is 20.2 Å². The Bertz CT molecular complexity index is 722. The summed E-state index contributed by atoms with van der Waals surface area (Å²) in [5, 5.41) is 22.3. The van der Waals surface area contributed by atoms with E-state index in [1.54, 1.807) is 13.1 Å². The number of benzene rings is 1. The van der Waals surface area contributed by atoms with Gasteiger partial charge in [-0.2, -0.15) is 0 Å². The van der Waals surface area contributed by atoms with Crippen LogP contribution < -0.4 is 21.3 Å². The Hall–Kier alpha value is -2.68. The summed E-state index contributed by atoms with van der Waals surface area (Å²) in [6.07, 6.45) is 2.36. The van der Waals surface area contributed by atoms with Gasteiger partial charge in [0, 0.05) is 32.1 Å². The lowest BCUT2D eigenvalue weighted by molar-refractivity contribution is -0.384. The van der Waals surface area contributed by atoms with E-state index >= 15 is 0 Å². The molecule has 1 saturated carbocycles. The van der Waals surface area contributed by atoms with Crippen molar-refractivity contribution in [3.63, 3.8) is 0 Å². The highest BCUT2D eigenvalue weighted by molar-refractivity contribution is 6.07. The van der Waals surface area contributed by atoms with Gasteiger partial charge in [0.1, 0.15) is 11.2 Å². The van der Waals surface area contributed by atoms with E-state index < -0.39 is 16.5 Å². The molecule has 134 valence electrons. The van der Waals surface area contributed by atoms with Gasteiger partial charge in [0.25, 0.3) is 11.6 Å². The van der Waals surface area contributed by atoms with Crippen LogP contribution >= 0.6 is 0 Å². The molecule has 3 rings (SSSR count). The normalized spacial score (nSPS) is 25.1. The zero-order valence-electron chi connectivity index (χ0n) is 13.9. The molecule has 1 spiro atoms. The minimum atomic E-state index is -0.813. The molecule has 1 aromatic rings. The summed E-state index contributed by atoms with van der Waals surface area (Å²) in [6.45, 7) is 1.00. The highest BCUT2D eigenvalue weighted by Gasteiger charge is 2.53. The lowest BCUT2D eigenvalue weighted by atomic mass is 9.87. The van der Waals surface area contributed by atoms with Crippen molar-refractivity contribution < 1.29 is 14.5 Å². The fraction of sp³-hybridized carbons (Fsp3) is 0.500. The SMILES string of the molecule is CNc1ccc(CNCC2CCCC23NC(=O)NC3=O)cc1[N+](=O)[O-]. The molecule has 1 aromatic carbocycles. The third-order valence-corrected chi connectivity index (χ3v) is 5.04. The van der Waals surface area contributed by atoms with Gasteiger partial charge in [0.05, 0.1) is 4.92 Å². The van der Waals surface area contributed by atoms with Gasteiger partial charge in [-0.15, -0.1) is 0 Å². The smallest absolute Gasteiger partial charge is 0.322 e. The standard InChI is InChI=1S/C16H21N5O4/c1-17-12-5-4-10(7-13(12)21(24)25)8-18-9-11-3-2-6-16(11)14(22)19-15(23)20-16/h4-5,7,11,17-18H,2-3,6,8-9H2,1H3,(H2,19,20,22,23). The zero-order valence-corrected chi connectivity index (χ0v) is 13.9. The maximum Gasteiger partial charge on any atom is 0.322 e. The van der Waals surface area contributed by atoms with Gasteiger partial charge in [-0.25, -0.2) is 4.79 Å². The molecular formula is C16H21N5O4. The van der Waals surface area contributed by atoms with Crippen molar-refractivity contribution in [1.82, 2.24) is 16.0 Å². The number of amides is 3. The number of imide groups is 1. The first-order valence-corrected chi connectivity index (χ1v) is 8.25. The van der Waals surface area contributed by atoms with E-state index in [1.807, 2.05) is 6.07 Å². The second-order valence-corrected chi connectivity index (χ2v) is 6.46. The van der Waals surface area contributed by atoms with Crippen LogP contribution in [0.15, 0.2) is 18.2 Å². The Labute approximate surface area is 144 Å². The number of nitro benzene ring substituents is 1. The van der Waals surface area contributed by atoms with Crippen LogP contribution in [0.5, 0.6) is 0 Å². The molecule has 1 aliphatic carbocycles. The molecule has 0 radical (unpaired) electrons. The van der Waals surface area contributed by atoms with Crippen LogP contribution in [0.1, 0.15) is 24.8 Å². The van der Waals surface area contributed by atoms with Crippen molar-refractivity contribution in [1.29, 1.82) is 0 Å². The monoisotopic (exact) mass is 347 g/mol. The fourth-order valence-electron chi connectivity index (χ4n) is 3.76. The summed E-state index contributed by atoms with van der Waals surface area (Å²) in [5.74, 6) is -0.249. The molecule has 2 atom stereocenters. The number of carbonyl (C=O) groups is 2.